The maximum atomic E-state index is 11.1. The van der Waals surface area contributed by atoms with Crippen LogP contribution in [-0.2, 0) is 9.53 Å². The third kappa shape index (κ3) is 6.47. The highest BCUT2D eigenvalue weighted by atomic mass is 32.2. The van der Waals surface area contributed by atoms with Crippen molar-refractivity contribution in [3.63, 3.8) is 0 Å². The molecular formula is C9H15NO2S. The molecule has 13 heavy (non-hydrogen) atoms. The molecule has 0 aliphatic rings. The van der Waals surface area contributed by atoms with E-state index in [0.717, 1.165) is 31.0 Å². The average molecular weight is 201 g/mol. The number of thioether (sulfide) groups is 1. The third-order valence-corrected chi connectivity index (χ3v) is 2.21. The van der Waals surface area contributed by atoms with Crippen molar-refractivity contribution < 1.29 is 9.53 Å². The Morgan fingerprint density at radius 1 is 1.62 bits per heavy atom. The van der Waals surface area contributed by atoms with Gasteiger partial charge in [-0.1, -0.05) is 19.8 Å². The van der Waals surface area contributed by atoms with Gasteiger partial charge in [0.25, 0.3) is 0 Å². The summed E-state index contributed by atoms with van der Waals surface area (Å²) >= 11 is 0.934. The summed E-state index contributed by atoms with van der Waals surface area (Å²) in [4.78, 5) is 11.1. The van der Waals surface area contributed by atoms with E-state index in [4.69, 9.17) is 10.00 Å². The molecule has 0 radical (unpaired) electrons. The molecule has 0 fully saturated rings. The predicted molar refractivity (Wildman–Crippen MR) is 53.2 cm³/mol. The van der Waals surface area contributed by atoms with Crippen molar-refractivity contribution in [2.45, 2.75) is 38.4 Å². The lowest BCUT2D eigenvalue weighted by molar-refractivity contribution is -0.142. The van der Waals surface area contributed by atoms with Crippen LogP contribution >= 0.6 is 11.8 Å². The standard InChI is InChI=1S/C9H15NO2S/c1-3-4-5-6-12-9(11)8(2)13-7-10/h8H,3-6H2,1-2H3. The van der Waals surface area contributed by atoms with Crippen LogP contribution in [0.2, 0.25) is 0 Å². The number of ether oxygens (including phenoxy) is 1. The van der Waals surface area contributed by atoms with E-state index in [1.54, 1.807) is 6.92 Å². The van der Waals surface area contributed by atoms with Crippen molar-refractivity contribution >= 4 is 17.7 Å². The van der Waals surface area contributed by atoms with Gasteiger partial charge in [-0.3, -0.25) is 4.79 Å². The molecule has 0 saturated carbocycles. The van der Waals surface area contributed by atoms with Crippen LogP contribution in [0.4, 0.5) is 0 Å². The van der Waals surface area contributed by atoms with Crippen molar-refractivity contribution in [2.24, 2.45) is 0 Å². The fraction of sp³-hybridized carbons (Fsp3) is 0.778. The molecule has 0 heterocycles. The summed E-state index contributed by atoms with van der Waals surface area (Å²) in [6.45, 7) is 4.25. The van der Waals surface area contributed by atoms with Gasteiger partial charge < -0.3 is 4.74 Å². The molecule has 3 nitrogen and oxygen atoms in total. The van der Waals surface area contributed by atoms with Crippen molar-refractivity contribution in [3.8, 4) is 5.40 Å². The lowest BCUT2D eigenvalue weighted by atomic mass is 10.3. The van der Waals surface area contributed by atoms with Gasteiger partial charge in [-0.05, 0) is 25.1 Å². The first kappa shape index (κ1) is 12.3. The second-order valence-corrected chi connectivity index (χ2v) is 3.85. The highest BCUT2D eigenvalue weighted by Gasteiger charge is 2.13. The second kappa shape index (κ2) is 7.93. The highest BCUT2D eigenvalue weighted by molar-refractivity contribution is 8.04. The molecule has 0 aromatic rings. The van der Waals surface area contributed by atoms with Crippen LogP contribution in [0.1, 0.15) is 33.1 Å². The minimum Gasteiger partial charge on any atom is -0.465 e. The first-order valence-electron chi connectivity index (χ1n) is 4.43. The Kier molecular flexibility index (Phi) is 7.51. The monoisotopic (exact) mass is 201 g/mol. The zero-order valence-corrected chi connectivity index (χ0v) is 8.89. The Morgan fingerprint density at radius 2 is 2.31 bits per heavy atom. The number of unbranched alkanes of at least 4 members (excludes halogenated alkanes) is 2. The van der Waals surface area contributed by atoms with Gasteiger partial charge >= 0.3 is 5.97 Å². The van der Waals surface area contributed by atoms with Gasteiger partial charge in [-0.2, -0.15) is 5.26 Å². The van der Waals surface area contributed by atoms with Crippen LogP contribution in [0.5, 0.6) is 0 Å². The maximum absolute atomic E-state index is 11.1. The normalized spacial score (nSPS) is 11.8. The minimum atomic E-state index is -0.369. The lowest BCUT2D eigenvalue weighted by Gasteiger charge is -2.06. The van der Waals surface area contributed by atoms with Gasteiger partial charge in [0.05, 0.1) is 6.61 Å². The molecule has 0 aromatic carbocycles. The quantitative estimate of drug-likeness (QED) is 0.376. The van der Waals surface area contributed by atoms with E-state index in [0.29, 0.717) is 6.61 Å². The van der Waals surface area contributed by atoms with Crippen LogP contribution in [-0.4, -0.2) is 17.8 Å². The Hall–Kier alpha value is -0.690. The van der Waals surface area contributed by atoms with E-state index in [9.17, 15) is 4.79 Å². The fourth-order valence-electron chi connectivity index (χ4n) is 0.769. The molecule has 0 amide bonds. The Morgan fingerprint density at radius 3 is 2.85 bits per heavy atom. The van der Waals surface area contributed by atoms with Crippen molar-refractivity contribution in [1.82, 2.24) is 0 Å². The molecule has 0 saturated heterocycles. The summed E-state index contributed by atoms with van der Waals surface area (Å²) in [5.41, 5.74) is 0. The zero-order valence-electron chi connectivity index (χ0n) is 8.08. The summed E-state index contributed by atoms with van der Waals surface area (Å²) in [5, 5.41) is 9.80. The Labute approximate surface area is 83.4 Å². The molecule has 0 aromatic heterocycles. The minimum absolute atomic E-state index is 0.289. The number of carbonyl (C=O) groups is 1. The van der Waals surface area contributed by atoms with Crippen molar-refractivity contribution in [3.05, 3.63) is 0 Å². The number of hydrogen-bond donors (Lipinski definition) is 0. The molecule has 0 aliphatic heterocycles. The SMILES string of the molecule is CCCCCOC(=O)C(C)SC#N. The first-order valence-corrected chi connectivity index (χ1v) is 5.31. The predicted octanol–water partition coefficient (Wildman–Crippen LogP) is 2.32. The van der Waals surface area contributed by atoms with E-state index < -0.39 is 0 Å². The van der Waals surface area contributed by atoms with Crippen LogP contribution in [0.3, 0.4) is 0 Å². The molecule has 74 valence electrons. The largest absolute Gasteiger partial charge is 0.465 e. The number of carbonyl (C=O) groups excluding carboxylic acids is 1. The number of rotatable bonds is 6. The summed E-state index contributed by atoms with van der Waals surface area (Å²) in [6, 6.07) is 0. The summed E-state index contributed by atoms with van der Waals surface area (Å²) in [6.07, 6.45) is 3.10. The van der Waals surface area contributed by atoms with Crippen molar-refractivity contribution in [1.29, 1.82) is 5.26 Å². The fourth-order valence-corrected chi connectivity index (χ4v) is 1.09. The number of nitriles is 1. The maximum Gasteiger partial charge on any atom is 0.319 e. The average Bonchev–Trinajstić information content (AvgIpc) is 2.12. The van der Waals surface area contributed by atoms with E-state index in [1.165, 1.54) is 0 Å². The summed E-state index contributed by atoms with van der Waals surface area (Å²) in [5.74, 6) is -0.289. The summed E-state index contributed by atoms with van der Waals surface area (Å²) < 4.78 is 4.95. The van der Waals surface area contributed by atoms with E-state index in [-0.39, 0.29) is 11.2 Å². The van der Waals surface area contributed by atoms with Crippen LogP contribution in [0.25, 0.3) is 0 Å². The molecule has 0 rings (SSSR count). The van der Waals surface area contributed by atoms with Gasteiger partial charge in [0.2, 0.25) is 0 Å². The van der Waals surface area contributed by atoms with Gasteiger partial charge in [0.15, 0.2) is 0 Å². The van der Waals surface area contributed by atoms with E-state index in [2.05, 4.69) is 6.92 Å². The molecule has 0 bridgehead atoms. The number of thiocyanates is 1. The van der Waals surface area contributed by atoms with Gasteiger partial charge in [-0.15, -0.1) is 0 Å². The van der Waals surface area contributed by atoms with Crippen LogP contribution in [0, 0.1) is 10.7 Å². The van der Waals surface area contributed by atoms with E-state index in [1.807, 2.05) is 5.40 Å². The van der Waals surface area contributed by atoms with Crippen LogP contribution < -0.4 is 0 Å². The number of esters is 1. The Bertz CT molecular complexity index is 189. The molecule has 0 aliphatic carbocycles. The van der Waals surface area contributed by atoms with Crippen LogP contribution in [0.15, 0.2) is 0 Å². The molecule has 1 unspecified atom stereocenters. The first-order chi connectivity index (χ1) is 6.22. The lowest BCUT2D eigenvalue weighted by Crippen LogP contribution is -2.16. The number of nitrogens with zero attached hydrogens (tertiary/aromatic N) is 1. The smallest absolute Gasteiger partial charge is 0.319 e. The molecule has 4 heteroatoms. The second-order valence-electron chi connectivity index (χ2n) is 2.73. The third-order valence-electron chi connectivity index (χ3n) is 1.55. The van der Waals surface area contributed by atoms with Crippen molar-refractivity contribution in [2.75, 3.05) is 6.61 Å². The van der Waals surface area contributed by atoms with Gasteiger partial charge in [0.1, 0.15) is 10.7 Å². The van der Waals surface area contributed by atoms with Gasteiger partial charge in [0, 0.05) is 0 Å². The van der Waals surface area contributed by atoms with Gasteiger partial charge in [-0.25, -0.2) is 0 Å². The Balaban J connectivity index is 3.45. The molecule has 0 N–H and O–H groups in total. The topological polar surface area (TPSA) is 50.1 Å². The highest BCUT2D eigenvalue weighted by Crippen LogP contribution is 2.09. The molecule has 0 spiro atoms. The number of hydrogen-bond acceptors (Lipinski definition) is 4. The molecule has 1 atom stereocenters. The van der Waals surface area contributed by atoms with E-state index >= 15 is 0 Å². The zero-order chi connectivity index (χ0) is 10.1. The molecular weight excluding hydrogens is 186 g/mol. The summed E-state index contributed by atoms with van der Waals surface area (Å²) in [7, 11) is 0.